The van der Waals surface area contributed by atoms with E-state index in [2.05, 4.69) is 31.8 Å². The minimum absolute atomic E-state index is 0.0578. The van der Waals surface area contributed by atoms with Crippen molar-refractivity contribution in [1.82, 2.24) is 5.32 Å². The van der Waals surface area contributed by atoms with Crippen molar-refractivity contribution < 1.29 is 4.79 Å². The molecule has 1 fully saturated rings. The Morgan fingerprint density at radius 1 is 1.62 bits per heavy atom. The van der Waals surface area contributed by atoms with E-state index in [9.17, 15) is 4.79 Å². The van der Waals surface area contributed by atoms with E-state index in [0.29, 0.717) is 18.3 Å². The van der Waals surface area contributed by atoms with Crippen LogP contribution in [0.25, 0.3) is 0 Å². The van der Waals surface area contributed by atoms with E-state index in [0.717, 1.165) is 0 Å². The fraction of sp³-hybridized carbons (Fsp3) is 0.545. The van der Waals surface area contributed by atoms with E-state index in [1.54, 1.807) is 0 Å². The van der Waals surface area contributed by atoms with Crippen molar-refractivity contribution in [3.05, 3.63) is 24.3 Å². The van der Waals surface area contributed by atoms with E-state index in [-0.39, 0.29) is 11.4 Å². The Bertz CT molecular complexity index is 295. The third-order valence-corrected chi connectivity index (χ3v) is 3.57. The Morgan fingerprint density at radius 2 is 2.23 bits per heavy atom. The van der Waals surface area contributed by atoms with Crippen LogP contribution in [-0.2, 0) is 4.79 Å². The van der Waals surface area contributed by atoms with Gasteiger partial charge in [0.25, 0.3) is 0 Å². The monoisotopic (exact) mass is 177 g/mol. The topological polar surface area (TPSA) is 29.1 Å². The molecule has 0 aromatic carbocycles. The number of carbonyl (C=O) groups is 1. The van der Waals surface area contributed by atoms with Gasteiger partial charge in [-0.05, 0) is 11.8 Å². The number of β-lactam (4-membered cyclic amide) rings is 1. The van der Waals surface area contributed by atoms with Crippen LogP contribution >= 0.6 is 0 Å². The second-order valence-corrected chi connectivity index (χ2v) is 4.25. The predicted molar refractivity (Wildman–Crippen MR) is 52.1 cm³/mol. The first-order valence-electron chi connectivity index (χ1n) is 4.74. The largest absolute Gasteiger partial charge is 0.346 e. The molecule has 1 spiro atoms. The van der Waals surface area contributed by atoms with Crippen LogP contribution < -0.4 is 5.32 Å². The number of nitrogens with one attached hydrogen (secondary N) is 1. The number of allylic oxidation sites excluding steroid dienone is 2. The summed E-state index contributed by atoms with van der Waals surface area (Å²) in [7, 11) is 0. The molecule has 1 saturated heterocycles. The first-order chi connectivity index (χ1) is 6.05. The summed E-state index contributed by atoms with van der Waals surface area (Å²) in [5, 5.41) is 2.99. The Hall–Kier alpha value is -1.05. The SMILES string of the molecule is C=C1C=CC2(CC(=O)N2)[C@H](C)[C@@H]1C. The number of rotatable bonds is 0. The molecule has 1 N–H and O–H groups in total. The highest BCUT2D eigenvalue weighted by molar-refractivity contribution is 5.86. The van der Waals surface area contributed by atoms with Gasteiger partial charge in [-0.2, -0.15) is 0 Å². The Kier molecular flexibility index (Phi) is 1.62. The van der Waals surface area contributed by atoms with Gasteiger partial charge in [0.1, 0.15) is 0 Å². The van der Waals surface area contributed by atoms with Gasteiger partial charge in [0.2, 0.25) is 5.91 Å². The van der Waals surface area contributed by atoms with Gasteiger partial charge in [-0.15, -0.1) is 0 Å². The molecule has 0 radical (unpaired) electrons. The molecular weight excluding hydrogens is 162 g/mol. The fourth-order valence-electron chi connectivity index (χ4n) is 2.21. The molecule has 1 aliphatic carbocycles. The molecule has 3 atom stereocenters. The van der Waals surface area contributed by atoms with E-state index >= 15 is 0 Å². The first kappa shape index (κ1) is 8.54. The van der Waals surface area contributed by atoms with Crippen molar-refractivity contribution in [1.29, 1.82) is 0 Å². The van der Waals surface area contributed by atoms with Gasteiger partial charge < -0.3 is 5.32 Å². The molecule has 0 bridgehead atoms. The summed E-state index contributed by atoms with van der Waals surface area (Å²) in [6.45, 7) is 8.34. The zero-order valence-electron chi connectivity index (χ0n) is 8.13. The molecule has 1 aliphatic heterocycles. The molecule has 2 rings (SSSR count). The highest BCUT2D eigenvalue weighted by Gasteiger charge is 2.48. The molecule has 0 aromatic rings. The number of amides is 1. The van der Waals surface area contributed by atoms with Crippen LogP contribution in [0.1, 0.15) is 20.3 Å². The second-order valence-electron chi connectivity index (χ2n) is 4.25. The van der Waals surface area contributed by atoms with Gasteiger partial charge in [-0.3, -0.25) is 4.79 Å². The van der Waals surface area contributed by atoms with E-state index in [4.69, 9.17) is 0 Å². The lowest BCUT2D eigenvalue weighted by atomic mass is 9.66. The van der Waals surface area contributed by atoms with E-state index in [1.807, 2.05) is 6.08 Å². The van der Waals surface area contributed by atoms with Crippen LogP contribution in [0.5, 0.6) is 0 Å². The zero-order chi connectivity index (χ0) is 9.64. The van der Waals surface area contributed by atoms with Gasteiger partial charge in [-0.25, -0.2) is 0 Å². The quantitative estimate of drug-likeness (QED) is 0.560. The van der Waals surface area contributed by atoms with Crippen molar-refractivity contribution in [3.8, 4) is 0 Å². The Morgan fingerprint density at radius 3 is 2.77 bits per heavy atom. The van der Waals surface area contributed by atoms with Crippen molar-refractivity contribution in [3.63, 3.8) is 0 Å². The summed E-state index contributed by atoms with van der Waals surface area (Å²) in [5.41, 5.74) is 1.11. The van der Waals surface area contributed by atoms with Gasteiger partial charge in [0.05, 0.1) is 12.0 Å². The first-order valence-corrected chi connectivity index (χ1v) is 4.74. The highest BCUT2D eigenvalue weighted by atomic mass is 16.2. The summed E-state index contributed by atoms with van der Waals surface area (Å²) >= 11 is 0. The maximum Gasteiger partial charge on any atom is 0.223 e. The average molecular weight is 177 g/mol. The molecule has 1 amide bonds. The molecule has 1 unspecified atom stereocenters. The maximum atomic E-state index is 10.9. The third kappa shape index (κ3) is 1.05. The minimum Gasteiger partial charge on any atom is -0.346 e. The molecule has 2 heteroatoms. The minimum atomic E-state index is -0.0578. The lowest BCUT2D eigenvalue weighted by molar-refractivity contribution is -0.133. The lowest BCUT2D eigenvalue weighted by Gasteiger charge is -2.49. The molecule has 0 saturated carbocycles. The molecule has 70 valence electrons. The van der Waals surface area contributed by atoms with Crippen LogP contribution in [0.15, 0.2) is 24.3 Å². The van der Waals surface area contributed by atoms with Crippen LogP contribution in [0.4, 0.5) is 0 Å². The van der Waals surface area contributed by atoms with Crippen LogP contribution in [0.3, 0.4) is 0 Å². The van der Waals surface area contributed by atoms with Gasteiger partial charge in [0.15, 0.2) is 0 Å². The van der Waals surface area contributed by atoms with E-state index in [1.165, 1.54) is 5.57 Å². The maximum absolute atomic E-state index is 10.9. The molecule has 0 aromatic heterocycles. The van der Waals surface area contributed by atoms with Gasteiger partial charge >= 0.3 is 0 Å². The molecule has 1 heterocycles. The zero-order valence-corrected chi connectivity index (χ0v) is 8.13. The number of hydrogen-bond donors (Lipinski definition) is 1. The molecule has 2 aliphatic rings. The fourth-order valence-corrected chi connectivity index (χ4v) is 2.21. The van der Waals surface area contributed by atoms with Crippen molar-refractivity contribution in [2.24, 2.45) is 11.8 Å². The normalized spacial score (nSPS) is 43.2. The van der Waals surface area contributed by atoms with Crippen LogP contribution in [0, 0.1) is 11.8 Å². The molecule has 13 heavy (non-hydrogen) atoms. The van der Waals surface area contributed by atoms with Crippen LogP contribution in [0.2, 0.25) is 0 Å². The summed E-state index contributed by atoms with van der Waals surface area (Å²) in [4.78, 5) is 10.9. The standard InChI is InChI=1S/C11H15NO/c1-7-4-5-11(6-10(13)12-11)9(3)8(7)2/h4-5,8-9H,1,6H2,2-3H3,(H,12,13)/t8-,9-,11?/m1/s1. The summed E-state index contributed by atoms with van der Waals surface area (Å²) in [5.74, 6) is 1.09. The Balaban J connectivity index is 2.28. The highest BCUT2D eigenvalue weighted by Crippen LogP contribution is 2.41. The summed E-state index contributed by atoms with van der Waals surface area (Å²) in [6, 6.07) is 0. The Labute approximate surface area is 78.7 Å². The van der Waals surface area contributed by atoms with Crippen molar-refractivity contribution in [2.45, 2.75) is 25.8 Å². The van der Waals surface area contributed by atoms with E-state index < -0.39 is 0 Å². The number of carbonyl (C=O) groups excluding carboxylic acids is 1. The van der Waals surface area contributed by atoms with Crippen molar-refractivity contribution >= 4 is 5.91 Å². The smallest absolute Gasteiger partial charge is 0.223 e. The van der Waals surface area contributed by atoms with Crippen molar-refractivity contribution in [2.75, 3.05) is 0 Å². The third-order valence-electron chi connectivity index (χ3n) is 3.57. The van der Waals surface area contributed by atoms with Crippen LogP contribution in [-0.4, -0.2) is 11.4 Å². The average Bonchev–Trinajstić information content (AvgIpc) is 2.05. The number of hydrogen-bond acceptors (Lipinski definition) is 1. The molecular formula is C11H15NO. The summed E-state index contributed by atoms with van der Waals surface area (Å²) < 4.78 is 0. The van der Waals surface area contributed by atoms with Gasteiger partial charge in [-0.1, -0.05) is 38.2 Å². The van der Waals surface area contributed by atoms with Gasteiger partial charge in [0, 0.05) is 0 Å². The second kappa shape index (κ2) is 2.47. The lowest BCUT2D eigenvalue weighted by Crippen LogP contribution is -2.65. The predicted octanol–water partition coefficient (Wildman–Crippen LogP) is 1.64. The summed E-state index contributed by atoms with van der Waals surface area (Å²) in [6.07, 6.45) is 4.79. The molecule has 2 nitrogen and oxygen atoms in total.